The minimum Gasteiger partial charge on any atom is -0.397 e. The molecule has 0 amide bonds. The molecule has 1 heterocycles. The highest BCUT2D eigenvalue weighted by atomic mass is 32.1. The van der Waals surface area contributed by atoms with Crippen LogP contribution in [0.2, 0.25) is 0 Å². The molecule has 0 bridgehead atoms. The van der Waals surface area contributed by atoms with E-state index >= 15 is 0 Å². The molecule has 13 heavy (non-hydrogen) atoms. The van der Waals surface area contributed by atoms with Gasteiger partial charge in [-0.05, 0) is 23.6 Å². The summed E-state index contributed by atoms with van der Waals surface area (Å²) in [5.41, 5.74) is 12.4. The van der Waals surface area contributed by atoms with E-state index in [-0.39, 0.29) is 0 Å². The summed E-state index contributed by atoms with van der Waals surface area (Å²) in [5, 5.41) is 9.66. The van der Waals surface area contributed by atoms with Gasteiger partial charge >= 0.3 is 0 Å². The standard InChI is InChI=1S/C9H7N3S/c10-4-6-1-5-2-7(11)8(12)3-9(5)13-6/h1-3H,11-12H2. The van der Waals surface area contributed by atoms with Crippen LogP contribution in [0.25, 0.3) is 10.1 Å². The quantitative estimate of drug-likeness (QED) is 0.622. The van der Waals surface area contributed by atoms with Gasteiger partial charge in [0.1, 0.15) is 10.9 Å². The molecule has 0 unspecified atom stereocenters. The zero-order chi connectivity index (χ0) is 9.42. The minimum absolute atomic E-state index is 0.565. The summed E-state index contributed by atoms with van der Waals surface area (Å²) in [6.45, 7) is 0. The second kappa shape index (κ2) is 2.64. The zero-order valence-corrected chi connectivity index (χ0v) is 7.56. The average Bonchev–Trinajstić information content (AvgIpc) is 2.48. The van der Waals surface area contributed by atoms with Crippen LogP contribution in [0.1, 0.15) is 4.88 Å². The van der Waals surface area contributed by atoms with Crippen molar-refractivity contribution in [1.29, 1.82) is 5.26 Å². The lowest BCUT2D eigenvalue weighted by Gasteiger charge is -1.97. The van der Waals surface area contributed by atoms with Crippen LogP contribution in [0.3, 0.4) is 0 Å². The van der Waals surface area contributed by atoms with E-state index in [1.165, 1.54) is 11.3 Å². The maximum absolute atomic E-state index is 8.68. The van der Waals surface area contributed by atoms with Crippen LogP contribution in [0, 0.1) is 11.3 Å². The average molecular weight is 189 g/mol. The summed E-state index contributed by atoms with van der Waals surface area (Å²) in [5.74, 6) is 0. The van der Waals surface area contributed by atoms with Crippen molar-refractivity contribution in [3.8, 4) is 6.07 Å². The topological polar surface area (TPSA) is 75.8 Å². The van der Waals surface area contributed by atoms with Crippen molar-refractivity contribution < 1.29 is 0 Å². The van der Waals surface area contributed by atoms with E-state index in [0.29, 0.717) is 16.3 Å². The second-order valence-electron chi connectivity index (χ2n) is 2.74. The molecule has 4 N–H and O–H groups in total. The monoisotopic (exact) mass is 189 g/mol. The molecule has 0 aliphatic heterocycles. The highest BCUT2D eigenvalue weighted by molar-refractivity contribution is 7.19. The number of rotatable bonds is 0. The van der Waals surface area contributed by atoms with Gasteiger partial charge in [-0.3, -0.25) is 0 Å². The lowest BCUT2D eigenvalue weighted by atomic mass is 10.2. The number of nitrogen functional groups attached to an aromatic ring is 2. The van der Waals surface area contributed by atoms with Crippen LogP contribution in [0.4, 0.5) is 11.4 Å². The Balaban J connectivity index is 2.79. The second-order valence-corrected chi connectivity index (χ2v) is 3.83. The van der Waals surface area contributed by atoms with Crippen LogP contribution >= 0.6 is 11.3 Å². The molecule has 0 saturated heterocycles. The maximum atomic E-state index is 8.68. The van der Waals surface area contributed by atoms with Gasteiger partial charge < -0.3 is 11.5 Å². The Kier molecular flexibility index (Phi) is 1.61. The Hall–Kier alpha value is -1.73. The van der Waals surface area contributed by atoms with E-state index in [4.69, 9.17) is 16.7 Å². The molecular formula is C9H7N3S. The first-order chi connectivity index (χ1) is 6.20. The Morgan fingerprint density at radius 1 is 1.15 bits per heavy atom. The van der Waals surface area contributed by atoms with Crippen molar-refractivity contribution in [2.75, 3.05) is 11.5 Å². The van der Waals surface area contributed by atoms with Crippen LogP contribution in [0.5, 0.6) is 0 Å². The molecular weight excluding hydrogens is 182 g/mol. The van der Waals surface area contributed by atoms with Crippen LogP contribution < -0.4 is 11.5 Å². The number of benzene rings is 1. The van der Waals surface area contributed by atoms with Gasteiger partial charge in [0.15, 0.2) is 0 Å². The van der Waals surface area contributed by atoms with E-state index in [9.17, 15) is 0 Å². The minimum atomic E-state index is 0.565. The lowest BCUT2D eigenvalue weighted by molar-refractivity contribution is 1.52. The summed E-state index contributed by atoms with van der Waals surface area (Å²) in [7, 11) is 0. The molecule has 3 nitrogen and oxygen atoms in total. The third-order valence-electron chi connectivity index (χ3n) is 1.83. The zero-order valence-electron chi connectivity index (χ0n) is 6.74. The van der Waals surface area contributed by atoms with E-state index < -0.39 is 0 Å². The van der Waals surface area contributed by atoms with Gasteiger partial charge in [-0.1, -0.05) is 0 Å². The summed E-state index contributed by atoms with van der Waals surface area (Å²) < 4.78 is 1.00. The number of nitrogens with two attached hydrogens (primary N) is 2. The molecule has 0 fully saturated rings. The third kappa shape index (κ3) is 1.19. The summed E-state index contributed by atoms with van der Waals surface area (Å²) in [6.07, 6.45) is 0. The number of fused-ring (bicyclic) bond motifs is 1. The molecule has 0 saturated carbocycles. The van der Waals surface area contributed by atoms with Crippen molar-refractivity contribution in [3.05, 3.63) is 23.1 Å². The molecule has 0 atom stereocenters. The van der Waals surface area contributed by atoms with Gasteiger partial charge in [-0.25, -0.2) is 0 Å². The third-order valence-corrected chi connectivity index (χ3v) is 2.83. The lowest BCUT2D eigenvalue weighted by Crippen LogP contribution is -1.92. The van der Waals surface area contributed by atoms with Gasteiger partial charge in [0.25, 0.3) is 0 Å². The highest BCUT2D eigenvalue weighted by Gasteiger charge is 2.03. The number of anilines is 2. The Labute approximate surface area is 79.2 Å². The molecule has 2 rings (SSSR count). The van der Waals surface area contributed by atoms with Crippen molar-refractivity contribution in [3.63, 3.8) is 0 Å². The van der Waals surface area contributed by atoms with Crippen molar-refractivity contribution in [1.82, 2.24) is 0 Å². The van der Waals surface area contributed by atoms with Crippen molar-refractivity contribution in [2.24, 2.45) is 0 Å². The van der Waals surface area contributed by atoms with Gasteiger partial charge in [-0.2, -0.15) is 5.26 Å². The number of thiophene rings is 1. The fourth-order valence-corrected chi connectivity index (χ4v) is 2.07. The fraction of sp³-hybridized carbons (Fsp3) is 0. The molecule has 0 radical (unpaired) electrons. The van der Waals surface area contributed by atoms with E-state index in [1.807, 2.05) is 6.07 Å². The summed E-state index contributed by atoms with van der Waals surface area (Å²) in [6, 6.07) is 7.50. The fourth-order valence-electron chi connectivity index (χ4n) is 1.18. The van der Waals surface area contributed by atoms with Gasteiger partial charge in [0.2, 0.25) is 0 Å². The van der Waals surface area contributed by atoms with Gasteiger partial charge in [0.05, 0.1) is 11.4 Å². The van der Waals surface area contributed by atoms with Crippen LogP contribution in [-0.4, -0.2) is 0 Å². The molecule has 1 aromatic carbocycles. The first-order valence-corrected chi connectivity index (χ1v) is 4.51. The SMILES string of the molecule is N#Cc1cc2cc(N)c(N)cc2s1. The molecule has 0 aliphatic rings. The van der Waals surface area contributed by atoms with E-state index in [0.717, 1.165) is 10.1 Å². The maximum Gasteiger partial charge on any atom is 0.110 e. The Morgan fingerprint density at radius 3 is 2.54 bits per heavy atom. The molecule has 64 valence electrons. The molecule has 1 aromatic heterocycles. The number of nitriles is 1. The molecule has 0 aliphatic carbocycles. The van der Waals surface area contributed by atoms with Crippen LogP contribution in [0.15, 0.2) is 18.2 Å². The first-order valence-electron chi connectivity index (χ1n) is 3.69. The summed E-state index contributed by atoms with van der Waals surface area (Å²) in [4.78, 5) is 0.681. The predicted octanol–water partition coefficient (Wildman–Crippen LogP) is 1.94. The van der Waals surface area contributed by atoms with Gasteiger partial charge in [-0.15, -0.1) is 11.3 Å². The summed E-state index contributed by atoms with van der Waals surface area (Å²) >= 11 is 1.42. The smallest absolute Gasteiger partial charge is 0.110 e. The van der Waals surface area contributed by atoms with Gasteiger partial charge in [0, 0.05) is 4.70 Å². The van der Waals surface area contributed by atoms with Crippen molar-refractivity contribution >= 4 is 32.8 Å². The Morgan fingerprint density at radius 2 is 1.85 bits per heavy atom. The molecule has 4 heteroatoms. The highest BCUT2D eigenvalue weighted by Crippen LogP contribution is 2.30. The largest absolute Gasteiger partial charge is 0.397 e. The van der Waals surface area contributed by atoms with E-state index in [2.05, 4.69) is 6.07 Å². The number of hydrogen-bond acceptors (Lipinski definition) is 4. The normalized spacial score (nSPS) is 10.1. The molecule has 2 aromatic rings. The Bertz CT molecular complexity index is 468. The number of hydrogen-bond donors (Lipinski definition) is 2. The van der Waals surface area contributed by atoms with Crippen LogP contribution in [-0.2, 0) is 0 Å². The number of nitrogens with zero attached hydrogens (tertiary/aromatic N) is 1. The predicted molar refractivity (Wildman–Crippen MR) is 55.4 cm³/mol. The first kappa shape index (κ1) is 7.90. The van der Waals surface area contributed by atoms with E-state index in [1.54, 1.807) is 12.1 Å². The molecule has 0 spiro atoms. The van der Waals surface area contributed by atoms with Crippen molar-refractivity contribution in [2.45, 2.75) is 0 Å².